The molecule has 0 spiro atoms. The molecule has 2 atom stereocenters. The van der Waals surface area contributed by atoms with Gasteiger partial charge in [0, 0.05) is 45.5 Å². The van der Waals surface area contributed by atoms with Gasteiger partial charge in [-0.05, 0) is 37.1 Å². The molecule has 0 saturated heterocycles. The molecule has 2 aromatic carbocycles. The van der Waals surface area contributed by atoms with Gasteiger partial charge in [-0.15, -0.1) is 13.2 Å². The molecule has 0 aliphatic rings. The van der Waals surface area contributed by atoms with Crippen molar-refractivity contribution in [1.29, 1.82) is 0 Å². The van der Waals surface area contributed by atoms with Crippen LogP contribution in [0.2, 0.25) is 10.0 Å². The molecule has 206 valence electrons. The zero-order chi connectivity index (χ0) is 28.8. The van der Waals surface area contributed by atoms with E-state index in [-0.39, 0.29) is 12.1 Å². The van der Waals surface area contributed by atoms with E-state index in [1.54, 1.807) is 26.4 Å². The maximum Gasteiger partial charge on any atom is 0.218 e. The van der Waals surface area contributed by atoms with Crippen LogP contribution in [-0.4, -0.2) is 24.2 Å². The van der Waals surface area contributed by atoms with Gasteiger partial charge in [0.25, 0.3) is 0 Å². The fraction of sp³-hybridized carbons (Fsp3) is 0.188. The summed E-state index contributed by atoms with van der Waals surface area (Å²) in [6, 6.07) is 18.6. The number of benzene rings is 2. The summed E-state index contributed by atoms with van der Waals surface area (Å²) in [7, 11) is 3.14. The first-order valence-corrected chi connectivity index (χ1v) is 13.5. The van der Waals surface area contributed by atoms with Crippen LogP contribution in [-0.2, 0) is 0 Å². The summed E-state index contributed by atoms with van der Waals surface area (Å²) >= 11 is 14.0. The van der Waals surface area contributed by atoms with Gasteiger partial charge < -0.3 is 20.9 Å². The third-order valence-corrected chi connectivity index (χ3v) is 7.46. The number of nitrogens with zero attached hydrogens (tertiary/aromatic N) is 2. The van der Waals surface area contributed by atoms with Crippen molar-refractivity contribution >= 4 is 23.2 Å². The van der Waals surface area contributed by atoms with Crippen molar-refractivity contribution in [1.82, 2.24) is 9.97 Å². The molecule has 0 bridgehead atoms. The van der Waals surface area contributed by atoms with Crippen molar-refractivity contribution in [3.8, 4) is 45.4 Å². The molecule has 0 unspecified atom stereocenters. The lowest BCUT2D eigenvalue weighted by Crippen LogP contribution is -2.11. The van der Waals surface area contributed by atoms with Crippen molar-refractivity contribution in [2.75, 3.05) is 14.2 Å². The number of pyridine rings is 2. The lowest BCUT2D eigenvalue weighted by atomic mass is 9.97. The minimum Gasteiger partial charge on any atom is -0.481 e. The summed E-state index contributed by atoms with van der Waals surface area (Å²) in [6.45, 7) is 7.54. The Morgan fingerprint density at radius 2 is 1.05 bits per heavy atom. The number of ether oxygens (including phenoxy) is 2. The summed E-state index contributed by atoms with van der Waals surface area (Å²) in [6.07, 6.45) is 4.75. The Morgan fingerprint density at radius 3 is 1.40 bits per heavy atom. The summed E-state index contributed by atoms with van der Waals surface area (Å²) in [5.74, 6) is 0.897. The van der Waals surface area contributed by atoms with Crippen molar-refractivity contribution < 1.29 is 9.47 Å². The zero-order valence-electron chi connectivity index (χ0n) is 22.5. The summed E-state index contributed by atoms with van der Waals surface area (Å²) < 4.78 is 11.1. The van der Waals surface area contributed by atoms with Crippen molar-refractivity contribution in [2.45, 2.75) is 24.9 Å². The zero-order valence-corrected chi connectivity index (χ0v) is 24.0. The van der Waals surface area contributed by atoms with E-state index in [0.29, 0.717) is 46.0 Å². The monoisotopic (exact) mass is 574 g/mol. The van der Waals surface area contributed by atoms with E-state index in [0.717, 1.165) is 33.4 Å². The fourth-order valence-corrected chi connectivity index (χ4v) is 5.23. The van der Waals surface area contributed by atoms with Crippen LogP contribution in [0.5, 0.6) is 11.8 Å². The summed E-state index contributed by atoms with van der Waals surface area (Å²) in [4.78, 5) is 9.42. The van der Waals surface area contributed by atoms with Crippen LogP contribution in [0, 0.1) is 0 Å². The number of hydrogen-bond acceptors (Lipinski definition) is 6. The number of halogens is 2. The number of hydrogen-bond donors (Lipinski definition) is 2. The van der Waals surface area contributed by atoms with Crippen LogP contribution >= 0.6 is 23.2 Å². The Kier molecular flexibility index (Phi) is 9.61. The van der Waals surface area contributed by atoms with E-state index in [2.05, 4.69) is 13.2 Å². The molecule has 4 N–H and O–H groups in total. The number of methoxy groups -OCH3 is 2. The third-order valence-electron chi connectivity index (χ3n) is 6.65. The van der Waals surface area contributed by atoms with Gasteiger partial charge in [-0.1, -0.05) is 71.8 Å². The third kappa shape index (κ3) is 5.91. The Hall–Kier alpha value is -3.68. The van der Waals surface area contributed by atoms with Crippen LogP contribution in [0.3, 0.4) is 0 Å². The minimum absolute atomic E-state index is 0.267. The number of rotatable bonds is 11. The van der Waals surface area contributed by atoms with E-state index in [1.165, 1.54) is 0 Å². The molecular weight excluding hydrogens is 543 g/mol. The molecule has 2 heterocycles. The molecule has 6 nitrogen and oxygen atoms in total. The second kappa shape index (κ2) is 13.1. The first-order valence-electron chi connectivity index (χ1n) is 12.8. The molecular formula is C32H32Cl2N4O2. The molecule has 0 fully saturated rings. The summed E-state index contributed by atoms with van der Waals surface area (Å²) in [5, 5.41) is 1.02. The second-order valence-electron chi connectivity index (χ2n) is 9.19. The van der Waals surface area contributed by atoms with Gasteiger partial charge in [0.1, 0.15) is 0 Å². The smallest absolute Gasteiger partial charge is 0.218 e. The Balaban J connectivity index is 1.77. The van der Waals surface area contributed by atoms with E-state index in [1.807, 2.05) is 60.7 Å². The average molecular weight is 576 g/mol. The van der Waals surface area contributed by atoms with Crippen LogP contribution < -0.4 is 20.9 Å². The van der Waals surface area contributed by atoms with E-state index in [4.69, 9.17) is 54.1 Å². The highest BCUT2D eigenvalue weighted by atomic mass is 35.5. The maximum atomic E-state index is 6.99. The van der Waals surface area contributed by atoms with E-state index in [9.17, 15) is 0 Å². The van der Waals surface area contributed by atoms with Crippen LogP contribution in [0.25, 0.3) is 33.6 Å². The quantitative estimate of drug-likeness (QED) is 0.176. The Labute approximate surface area is 245 Å². The predicted octanol–water partition coefficient (Wildman–Crippen LogP) is 7.95. The molecule has 2 aromatic heterocycles. The lowest BCUT2D eigenvalue weighted by Gasteiger charge is -2.17. The highest BCUT2D eigenvalue weighted by Crippen LogP contribution is 2.43. The van der Waals surface area contributed by atoms with Gasteiger partial charge in [0.2, 0.25) is 11.8 Å². The molecule has 0 radical (unpaired) electrons. The molecule has 4 rings (SSSR count). The predicted molar refractivity (Wildman–Crippen MR) is 165 cm³/mol. The van der Waals surface area contributed by atoms with Crippen molar-refractivity contribution in [3.05, 3.63) is 107 Å². The molecule has 4 aromatic rings. The lowest BCUT2D eigenvalue weighted by molar-refractivity contribution is 0.389. The van der Waals surface area contributed by atoms with Crippen molar-refractivity contribution in [3.63, 3.8) is 0 Å². The van der Waals surface area contributed by atoms with Gasteiger partial charge in [0.15, 0.2) is 0 Å². The van der Waals surface area contributed by atoms with Crippen molar-refractivity contribution in [2.24, 2.45) is 11.5 Å². The van der Waals surface area contributed by atoms with Gasteiger partial charge in [-0.25, -0.2) is 9.97 Å². The van der Waals surface area contributed by atoms with Gasteiger partial charge >= 0.3 is 0 Å². The average Bonchev–Trinajstić information content (AvgIpc) is 2.97. The largest absolute Gasteiger partial charge is 0.481 e. The first-order chi connectivity index (χ1) is 19.3. The Morgan fingerprint density at radius 1 is 0.675 bits per heavy atom. The van der Waals surface area contributed by atoms with Gasteiger partial charge in [-0.2, -0.15) is 0 Å². The van der Waals surface area contributed by atoms with E-state index >= 15 is 0 Å². The van der Waals surface area contributed by atoms with Crippen LogP contribution in [0.4, 0.5) is 0 Å². The second-order valence-corrected chi connectivity index (χ2v) is 9.94. The van der Waals surface area contributed by atoms with Crippen LogP contribution in [0.1, 0.15) is 36.1 Å². The molecule has 8 heteroatoms. The van der Waals surface area contributed by atoms with Crippen LogP contribution in [0.15, 0.2) is 86.0 Å². The highest BCUT2D eigenvalue weighted by molar-refractivity contribution is 6.39. The van der Waals surface area contributed by atoms with E-state index < -0.39 is 0 Å². The molecule has 0 saturated carbocycles. The Bertz CT molecular complexity index is 1420. The first kappa shape index (κ1) is 29.3. The molecule has 0 aliphatic carbocycles. The number of aromatic nitrogens is 2. The van der Waals surface area contributed by atoms with Gasteiger partial charge in [0.05, 0.1) is 35.7 Å². The fourth-order valence-electron chi connectivity index (χ4n) is 4.58. The molecule has 0 amide bonds. The highest BCUT2D eigenvalue weighted by Gasteiger charge is 2.20. The molecule has 0 aliphatic heterocycles. The minimum atomic E-state index is -0.267. The summed E-state index contributed by atoms with van der Waals surface area (Å²) in [5.41, 5.74) is 18.5. The molecule has 40 heavy (non-hydrogen) atoms. The standard InChI is InChI=1S/C32H32Cl2N4O2/c1-5-9-25(35)21-15-17-27(37-31(21)39-3)23-13-7-11-19(29(23)33)20-12-8-14-24(30(20)34)28-18-16-22(26(36)10-6-2)32(38-28)40-4/h5-8,11-18,25-26H,1-2,9-10,35-36H2,3-4H3/t25-,26-/m0/s1. The topological polar surface area (TPSA) is 96.3 Å². The number of nitrogens with two attached hydrogens (primary N) is 2. The SMILES string of the molecule is C=CC[C@H](N)c1ccc(-c2cccc(-c3cccc(-c4ccc([C@@H](N)CC=C)c(OC)n4)c3Cl)c2Cl)nc1OC. The maximum absolute atomic E-state index is 6.99. The normalized spacial score (nSPS) is 12.4. The van der Waals surface area contributed by atoms with Gasteiger partial charge in [-0.3, -0.25) is 0 Å².